The molecule has 1 aliphatic rings. The molecular formula is C18H26F3N7O. The molecule has 0 unspecified atom stereocenters. The molecule has 11 heteroatoms. The second kappa shape index (κ2) is 7.79. The summed E-state index contributed by atoms with van der Waals surface area (Å²) in [5.74, 6) is -0.603. The summed E-state index contributed by atoms with van der Waals surface area (Å²) in [5, 5.41) is 7.45. The highest BCUT2D eigenvalue weighted by Crippen LogP contribution is 2.35. The van der Waals surface area contributed by atoms with Gasteiger partial charge in [0.05, 0.1) is 36.8 Å². The average molecular weight is 413 g/mol. The number of morpholine rings is 1. The van der Waals surface area contributed by atoms with Crippen molar-refractivity contribution in [3.8, 4) is 0 Å². The van der Waals surface area contributed by atoms with E-state index in [2.05, 4.69) is 39.1 Å². The van der Waals surface area contributed by atoms with Crippen LogP contribution in [0.25, 0.3) is 0 Å². The Morgan fingerprint density at radius 1 is 1.14 bits per heavy atom. The zero-order valence-corrected chi connectivity index (χ0v) is 17.0. The van der Waals surface area contributed by atoms with Crippen molar-refractivity contribution < 1.29 is 17.9 Å². The summed E-state index contributed by atoms with van der Waals surface area (Å²) >= 11 is 0. The molecule has 3 N–H and O–H groups in total. The monoisotopic (exact) mass is 413 g/mol. The highest BCUT2D eigenvalue weighted by molar-refractivity contribution is 5.58. The van der Waals surface area contributed by atoms with Crippen molar-refractivity contribution in [3.63, 3.8) is 0 Å². The van der Waals surface area contributed by atoms with Crippen molar-refractivity contribution in [3.05, 3.63) is 23.1 Å². The van der Waals surface area contributed by atoms with Crippen LogP contribution in [0.2, 0.25) is 0 Å². The number of alkyl halides is 3. The first kappa shape index (κ1) is 21.3. The maximum Gasteiger partial charge on any atom is 0.421 e. The smallest absolute Gasteiger partial charge is 0.383 e. The third-order valence-corrected chi connectivity index (χ3v) is 5.01. The van der Waals surface area contributed by atoms with Crippen molar-refractivity contribution in [2.75, 3.05) is 37.4 Å². The summed E-state index contributed by atoms with van der Waals surface area (Å²) in [6.45, 7) is 11.1. The first-order chi connectivity index (χ1) is 13.5. The molecule has 0 aromatic carbocycles. The predicted octanol–water partition coefficient (Wildman–Crippen LogP) is 2.75. The van der Waals surface area contributed by atoms with Gasteiger partial charge in [0.25, 0.3) is 0 Å². The molecule has 3 rings (SSSR count). The Kier molecular flexibility index (Phi) is 5.72. The summed E-state index contributed by atoms with van der Waals surface area (Å²) in [7, 11) is 0. The number of nitrogens with zero attached hydrogens (tertiary/aromatic N) is 5. The molecule has 0 atom stereocenters. The fourth-order valence-electron chi connectivity index (χ4n) is 3.51. The van der Waals surface area contributed by atoms with Crippen molar-refractivity contribution >= 4 is 17.5 Å². The Morgan fingerprint density at radius 3 is 2.38 bits per heavy atom. The van der Waals surface area contributed by atoms with Gasteiger partial charge in [-0.15, -0.1) is 0 Å². The van der Waals surface area contributed by atoms with E-state index >= 15 is 0 Å². The standard InChI is InChI=1S/C18H26F3N7O/c1-11-13(24-16-23-12(2)14(15(22)25-16)18(19,20)21)9-28(26-11)10-17(3,4)27-5-7-29-8-6-27/h9H,5-8,10H2,1-4H3,(H3,22,23,24,25). The summed E-state index contributed by atoms with van der Waals surface area (Å²) < 4.78 is 46.4. The lowest BCUT2D eigenvalue weighted by molar-refractivity contribution is -0.137. The molecule has 29 heavy (non-hydrogen) atoms. The fraction of sp³-hybridized carbons (Fsp3) is 0.611. The fourth-order valence-corrected chi connectivity index (χ4v) is 3.51. The van der Waals surface area contributed by atoms with E-state index in [1.54, 1.807) is 13.1 Å². The van der Waals surface area contributed by atoms with Crippen LogP contribution in [0.4, 0.5) is 30.6 Å². The molecule has 2 aromatic rings. The van der Waals surface area contributed by atoms with Crippen LogP contribution in [0.3, 0.4) is 0 Å². The van der Waals surface area contributed by atoms with E-state index in [-0.39, 0.29) is 17.2 Å². The number of anilines is 3. The van der Waals surface area contributed by atoms with Gasteiger partial charge in [0, 0.05) is 24.8 Å². The van der Waals surface area contributed by atoms with E-state index in [1.807, 2.05) is 4.68 Å². The van der Waals surface area contributed by atoms with Gasteiger partial charge in [0.2, 0.25) is 5.95 Å². The lowest BCUT2D eigenvalue weighted by Crippen LogP contribution is -2.52. The maximum atomic E-state index is 13.0. The number of halogens is 3. The van der Waals surface area contributed by atoms with Crippen LogP contribution in [0.15, 0.2) is 6.20 Å². The van der Waals surface area contributed by atoms with E-state index in [4.69, 9.17) is 10.5 Å². The number of ether oxygens (including phenoxy) is 1. The number of hydrogen-bond acceptors (Lipinski definition) is 7. The van der Waals surface area contributed by atoms with Crippen LogP contribution in [0.5, 0.6) is 0 Å². The molecule has 1 fully saturated rings. The van der Waals surface area contributed by atoms with Gasteiger partial charge < -0.3 is 15.8 Å². The van der Waals surface area contributed by atoms with Gasteiger partial charge in [-0.3, -0.25) is 9.58 Å². The first-order valence-electron chi connectivity index (χ1n) is 9.32. The van der Waals surface area contributed by atoms with Crippen molar-refractivity contribution in [2.45, 2.75) is 46.0 Å². The molecule has 1 saturated heterocycles. The van der Waals surface area contributed by atoms with E-state index in [0.29, 0.717) is 31.1 Å². The van der Waals surface area contributed by atoms with E-state index in [1.165, 1.54) is 6.92 Å². The Morgan fingerprint density at radius 2 is 1.79 bits per heavy atom. The summed E-state index contributed by atoms with van der Waals surface area (Å²) in [6.07, 6.45) is -2.80. The number of nitrogens with one attached hydrogen (secondary N) is 1. The van der Waals surface area contributed by atoms with Crippen LogP contribution < -0.4 is 11.1 Å². The van der Waals surface area contributed by atoms with Crippen LogP contribution in [-0.4, -0.2) is 56.5 Å². The van der Waals surface area contributed by atoms with Gasteiger partial charge in [-0.25, -0.2) is 4.98 Å². The summed E-state index contributed by atoms with van der Waals surface area (Å²) in [4.78, 5) is 10.0. The molecule has 0 saturated carbocycles. The molecule has 0 spiro atoms. The highest BCUT2D eigenvalue weighted by Gasteiger charge is 2.37. The Balaban J connectivity index is 1.77. The van der Waals surface area contributed by atoms with Crippen LogP contribution in [-0.2, 0) is 17.5 Å². The Bertz CT molecular complexity index is 850. The second-order valence-corrected chi connectivity index (χ2v) is 7.75. The maximum absolute atomic E-state index is 13.0. The normalized spacial score (nSPS) is 16.2. The minimum Gasteiger partial charge on any atom is -0.383 e. The third-order valence-electron chi connectivity index (χ3n) is 5.01. The largest absolute Gasteiger partial charge is 0.421 e. The average Bonchev–Trinajstić information content (AvgIpc) is 2.92. The molecule has 2 aromatic heterocycles. The second-order valence-electron chi connectivity index (χ2n) is 7.75. The summed E-state index contributed by atoms with van der Waals surface area (Å²) in [5.41, 5.74) is 5.44. The topological polar surface area (TPSA) is 94.1 Å². The van der Waals surface area contributed by atoms with E-state index < -0.39 is 17.6 Å². The van der Waals surface area contributed by atoms with Crippen molar-refractivity contribution in [1.29, 1.82) is 0 Å². The SMILES string of the molecule is Cc1nn(CC(C)(C)N2CCOCC2)cc1Nc1nc(C)c(C(F)(F)F)c(N)n1. The highest BCUT2D eigenvalue weighted by atomic mass is 19.4. The van der Waals surface area contributed by atoms with Crippen LogP contribution >= 0.6 is 0 Å². The quantitative estimate of drug-likeness (QED) is 0.778. The van der Waals surface area contributed by atoms with Crippen molar-refractivity contribution in [2.24, 2.45) is 0 Å². The van der Waals surface area contributed by atoms with Gasteiger partial charge in [0.1, 0.15) is 11.4 Å². The lowest BCUT2D eigenvalue weighted by Gasteiger charge is -2.40. The molecular weight excluding hydrogens is 387 g/mol. The number of aromatic nitrogens is 4. The van der Waals surface area contributed by atoms with Gasteiger partial charge in [-0.1, -0.05) is 0 Å². The first-order valence-corrected chi connectivity index (χ1v) is 9.32. The molecule has 160 valence electrons. The predicted molar refractivity (Wildman–Crippen MR) is 103 cm³/mol. The van der Waals surface area contributed by atoms with Gasteiger partial charge in [-0.05, 0) is 27.7 Å². The Hall–Kier alpha value is -2.40. The molecule has 0 radical (unpaired) electrons. The van der Waals surface area contributed by atoms with Crippen molar-refractivity contribution in [1.82, 2.24) is 24.6 Å². The van der Waals surface area contributed by atoms with Crippen LogP contribution in [0, 0.1) is 13.8 Å². The van der Waals surface area contributed by atoms with Gasteiger partial charge in [0.15, 0.2) is 0 Å². The van der Waals surface area contributed by atoms with Gasteiger partial charge >= 0.3 is 6.18 Å². The molecule has 8 nitrogen and oxygen atoms in total. The molecule has 3 heterocycles. The number of nitrogen functional groups attached to an aromatic ring is 1. The minimum absolute atomic E-state index is 0.00286. The molecule has 1 aliphatic heterocycles. The summed E-state index contributed by atoms with van der Waals surface area (Å²) in [6, 6.07) is 0. The number of rotatable bonds is 5. The number of aryl methyl sites for hydroxylation is 2. The van der Waals surface area contributed by atoms with Gasteiger partial charge in [-0.2, -0.15) is 23.3 Å². The Labute approximate surface area is 167 Å². The molecule has 0 bridgehead atoms. The van der Waals surface area contributed by atoms with Crippen LogP contribution in [0.1, 0.15) is 30.8 Å². The molecule has 0 aliphatic carbocycles. The lowest BCUT2D eigenvalue weighted by atomic mass is 10.0. The zero-order chi connectivity index (χ0) is 21.4. The zero-order valence-electron chi connectivity index (χ0n) is 17.0. The minimum atomic E-state index is -4.60. The third kappa shape index (κ3) is 4.78. The number of hydrogen-bond donors (Lipinski definition) is 2. The van der Waals surface area contributed by atoms with E-state index in [0.717, 1.165) is 13.1 Å². The van der Waals surface area contributed by atoms with E-state index in [9.17, 15) is 13.2 Å². The number of nitrogens with two attached hydrogens (primary N) is 1. The molecule has 0 amide bonds.